The van der Waals surface area contributed by atoms with E-state index in [0.29, 0.717) is 0 Å². The van der Waals surface area contributed by atoms with Gasteiger partial charge in [-0.15, -0.1) is 0 Å². The molecule has 0 aliphatic rings. The van der Waals surface area contributed by atoms with Crippen LogP contribution in [0.1, 0.15) is 6.92 Å². The van der Waals surface area contributed by atoms with E-state index in [0.717, 1.165) is 18.2 Å². The number of ether oxygens (including phenoxy) is 1. The molecule has 1 amide bonds. The number of amides is 1. The highest BCUT2D eigenvalue weighted by atomic mass is 19.2. The lowest BCUT2D eigenvalue weighted by molar-refractivity contribution is -0.122. The topological polar surface area (TPSA) is 56.1 Å². The minimum absolute atomic E-state index is 0.00758. The molecule has 2 aromatic carbocycles. The third-order valence-electron chi connectivity index (χ3n) is 3.57. The molecule has 1 unspecified atom stereocenters. The Morgan fingerprint density at radius 3 is 2.58 bits per heavy atom. The second kappa shape index (κ2) is 7.30. The number of hydrogen-bond donors (Lipinski definition) is 1. The van der Waals surface area contributed by atoms with E-state index in [4.69, 9.17) is 4.74 Å². The smallest absolute Gasteiger partial charge is 0.265 e. The van der Waals surface area contributed by atoms with Gasteiger partial charge in [-0.05, 0) is 37.3 Å². The molecule has 0 fully saturated rings. The summed E-state index contributed by atoms with van der Waals surface area (Å²) in [6.07, 6.45) is 3.56. The van der Waals surface area contributed by atoms with Gasteiger partial charge in [0.25, 0.3) is 5.91 Å². The Morgan fingerprint density at radius 2 is 1.92 bits per heavy atom. The molecule has 0 aliphatic heterocycles. The zero-order chi connectivity index (χ0) is 18.7. The van der Waals surface area contributed by atoms with Crippen molar-refractivity contribution in [2.75, 3.05) is 5.32 Å². The first-order valence-electron chi connectivity index (χ1n) is 7.64. The van der Waals surface area contributed by atoms with Gasteiger partial charge in [0, 0.05) is 24.1 Å². The van der Waals surface area contributed by atoms with E-state index in [1.165, 1.54) is 42.2 Å². The summed E-state index contributed by atoms with van der Waals surface area (Å²) in [6, 6.07) is 7.14. The van der Waals surface area contributed by atoms with Crippen LogP contribution >= 0.6 is 0 Å². The number of nitrogens with zero attached hydrogens (tertiary/aromatic N) is 2. The molecule has 1 aromatic heterocycles. The van der Waals surface area contributed by atoms with Gasteiger partial charge in [0.05, 0.1) is 12.0 Å². The molecule has 8 heteroatoms. The number of anilines is 1. The fourth-order valence-electron chi connectivity index (χ4n) is 2.25. The molecule has 5 nitrogen and oxygen atoms in total. The summed E-state index contributed by atoms with van der Waals surface area (Å²) in [7, 11) is 0. The van der Waals surface area contributed by atoms with Gasteiger partial charge >= 0.3 is 0 Å². The number of aromatic nitrogens is 2. The van der Waals surface area contributed by atoms with E-state index >= 15 is 0 Å². The van der Waals surface area contributed by atoms with E-state index in [9.17, 15) is 18.0 Å². The average Bonchev–Trinajstić information content (AvgIpc) is 3.12. The van der Waals surface area contributed by atoms with Crippen molar-refractivity contribution in [3.05, 3.63) is 72.6 Å². The zero-order valence-electron chi connectivity index (χ0n) is 13.6. The lowest BCUT2D eigenvalue weighted by Gasteiger charge is -2.15. The van der Waals surface area contributed by atoms with Crippen LogP contribution in [0.4, 0.5) is 18.9 Å². The molecule has 1 heterocycles. The molecule has 0 bridgehead atoms. The summed E-state index contributed by atoms with van der Waals surface area (Å²) < 4.78 is 47.0. The molecule has 3 rings (SSSR count). The predicted octanol–water partition coefficient (Wildman–Crippen LogP) is 3.70. The fourth-order valence-corrected chi connectivity index (χ4v) is 2.25. The third-order valence-corrected chi connectivity index (χ3v) is 3.57. The molecule has 1 atom stereocenters. The van der Waals surface area contributed by atoms with Crippen molar-refractivity contribution in [1.82, 2.24) is 9.55 Å². The molecule has 0 saturated carbocycles. The van der Waals surface area contributed by atoms with Crippen molar-refractivity contribution in [2.24, 2.45) is 0 Å². The Bertz CT molecular complexity index is 929. The van der Waals surface area contributed by atoms with Crippen LogP contribution in [0.2, 0.25) is 0 Å². The van der Waals surface area contributed by atoms with Crippen LogP contribution in [-0.2, 0) is 4.79 Å². The summed E-state index contributed by atoms with van der Waals surface area (Å²) >= 11 is 0. The number of carbonyl (C=O) groups excluding carboxylic acids is 1. The minimum atomic E-state index is -1.08. The van der Waals surface area contributed by atoms with Crippen LogP contribution in [0.15, 0.2) is 55.1 Å². The standard InChI is InChI=1S/C18H14F3N3O2/c1-11(26-13-3-4-14(19)15(20)9-13)18(25)23-12-2-5-17(16(21)8-12)24-7-6-22-10-24/h2-11H,1H3,(H,23,25). The highest BCUT2D eigenvalue weighted by Gasteiger charge is 2.17. The van der Waals surface area contributed by atoms with Crippen LogP contribution < -0.4 is 10.1 Å². The van der Waals surface area contributed by atoms with Crippen molar-refractivity contribution in [3.8, 4) is 11.4 Å². The number of halogens is 3. The van der Waals surface area contributed by atoms with Gasteiger partial charge in [-0.1, -0.05) is 0 Å². The SMILES string of the molecule is CC(Oc1ccc(F)c(F)c1)C(=O)Nc1ccc(-n2ccnc2)c(F)c1. The first kappa shape index (κ1) is 17.5. The van der Waals surface area contributed by atoms with E-state index in [2.05, 4.69) is 10.3 Å². The summed E-state index contributed by atoms with van der Waals surface area (Å²) in [5.41, 5.74) is 0.517. The van der Waals surface area contributed by atoms with Crippen LogP contribution in [0.5, 0.6) is 5.75 Å². The average molecular weight is 361 g/mol. The first-order chi connectivity index (χ1) is 12.4. The molecule has 0 saturated heterocycles. The monoisotopic (exact) mass is 361 g/mol. The normalized spacial score (nSPS) is 11.8. The van der Waals surface area contributed by atoms with Gasteiger partial charge in [0.15, 0.2) is 17.7 Å². The van der Waals surface area contributed by atoms with Crippen molar-refractivity contribution < 1.29 is 22.7 Å². The Balaban J connectivity index is 1.67. The van der Waals surface area contributed by atoms with Crippen molar-refractivity contribution in [1.29, 1.82) is 0 Å². The van der Waals surface area contributed by atoms with E-state index in [-0.39, 0.29) is 17.1 Å². The maximum atomic E-state index is 14.2. The number of hydrogen-bond acceptors (Lipinski definition) is 3. The maximum Gasteiger partial charge on any atom is 0.265 e. The Hall–Kier alpha value is -3.29. The highest BCUT2D eigenvalue weighted by Crippen LogP contribution is 2.20. The third kappa shape index (κ3) is 3.85. The van der Waals surface area contributed by atoms with Crippen LogP contribution in [0, 0.1) is 17.5 Å². The number of rotatable bonds is 5. The molecule has 3 aromatic rings. The number of imidazole rings is 1. The van der Waals surface area contributed by atoms with Gasteiger partial charge in [0.2, 0.25) is 0 Å². The Kier molecular flexibility index (Phi) is 4.92. The van der Waals surface area contributed by atoms with Crippen LogP contribution in [0.25, 0.3) is 5.69 Å². The molecular weight excluding hydrogens is 347 g/mol. The van der Waals surface area contributed by atoms with Crippen LogP contribution in [0.3, 0.4) is 0 Å². The Morgan fingerprint density at radius 1 is 1.12 bits per heavy atom. The molecule has 26 heavy (non-hydrogen) atoms. The van der Waals surface area contributed by atoms with Crippen molar-refractivity contribution >= 4 is 11.6 Å². The maximum absolute atomic E-state index is 14.2. The molecule has 0 radical (unpaired) electrons. The molecule has 0 aliphatic carbocycles. The molecule has 0 spiro atoms. The van der Waals surface area contributed by atoms with Crippen LogP contribution in [-0.4, -0.2) is 21.6 Å². The Labute approximate surface area is 147 Å². The lowest BCUT2D eigenvalue weighted by Crippen LogP contribution is -2.30. The van der Waals surface area contributed by atoms with E-state index in [1.807, 2.05) is 0 Å². The zero-order valence-corrected chi connectivity index (χ0v) is 13.6. The molecule has 134 valence electrons. The summed E-state index contributed by atoms with van der Waals surface area (Å²) in [5.74, 6) is -3.19. The lowest BCUT2D eigenvalue weighted by atomic mass is 10.2. The highest BCUT2D eigenvalue weighted by molar-refractivity contribution is 5.94. The summed E-state index contributed by atoms with van der Waals surface area (Å²) in [4.78, 5) is 16.0. The first-order valence-corrected chi connectivity index (χ1v) is 7.64. The van der Waals surface area contributed by atoms with E-state index < -0.39 is 29.5 Å². The number of benzene rings is 2. The number of carbonyl (C=O) groups is 1. The summed E-state index contributed by atoms with van der Waals surface area (Å²) in [6.45, 7) is 1.44. The van der Waals surface area contributed by atoms with Gasteiger partial charge in [0.1, 0.15) is 11.6 Å². The second-order valence-electron chi connectivity index (χ2n) is 5.46. The quantitative estimate of drug-likeness (QED) is 0.754. The van der Waals surface area contributed by atoms with Gasteiger partial charge in [-0.2, -0.15) is 0 Å². The largest absolute Gasteiger partial charge is 0.481 e. The molecule has 1 N–H and O–H groups in total. The minimum Gasteiger partial charge on any atom is -0.481 e. The van der Waals surface area contributed by atoms with Crippen molar-refractivity contribution in [2.45, 2.75) is 13.0 Å². The fraction of sp³-hybridized carbons (Fsp3) is 0.111. The summed E-state index contributed by atoms with van der Waals surface area (Å²) in [5, 5.41) is 2.50. The van der Waals surface area contributed by atoms with E-state index in [1.54, 1.807) is 6.20 Å². The van der Waals surface area contributed by atoms with Crippen molar-refractivity contribution in [3.63, 3.8) is 0 Å². The predicted molar refractivity (Wildman–Crippen MR) is 88.6 cm³/mol. The number of nitrogens with one attached hydrogen (secondary N) is 1. The van der Waals surface area contributed by atoms with Gasteiger partial charge in [-0.25, -0.2) is 18.2 Å². The molecular formula is C18H14F3N3O2. The van der Waals surface area contributed by atoms with Gasteiger partial charge in [-0.3, -0.25) is 4.79 Å². The second-order valence-corrected chi connectivity index (χ2v) is 5.46. The van der Waals surface area contributed by atoms with Gasteiger partial charge < -0.3 is 14.6 Å².